The molecule has 2 aromatic heterocycles. The lowest BCUT2D eigenvalue weighted by Gasteiger charge is -1.92. The van der Waals surface area contributed by atoms with E-state index in [1.807, 2.05) is 6.92 Å². The Hall–Kier alpha value is -2.04. The fourth-order valence-electron chi connectivity index (χ4n) is 1.35. The molecule has 0 radical (unpaired) electrons. The second-order valence-electron chi connectivity index (χ2n) is 3.06. The van der Waals surface area contributed by atoms with Crippen molar-refractivity contribution in [2.24, 2.45) is 0 Å². The van der Waals surface area contributed by atoms with Gasteiger partial charge in [-0.05, 0) is 13.0 Å². The number of carboxylic acids is 1. The van der Waals surface area contributed by atoms with Crippen LogP contribution < -0.4 is 0 Å². The standard InChI is InChI=1S/C10H10N2O3/c1-2-12-5-8(10(13)14)9(11-12)7-3-4-15-6-7/h3-6H,2H2,1H3,(H,13,14). The largest absolute Gasteiger partial charge is 0.478 e. The lowest BCUT2D eigenvalue weighted by Crippen LogP contribution is -1.96. The van der Waals surface area contributed by atoms with Crippen molar-refractivity contribution >= 4 is 5.97 Å². The highest BCUT2D eigenvalue weighted by Gasteiger charge is 2.17. The number of hydrogen-bond donors (Lipinski definition) is 1. The highest BCUT2D eigenvalue weighted by atomic mass is 16.4. The van der Waals surface area contributed by atoms with Gasteiger partial charge < -0.3 is 9.52 Å². The zero-order chi connectivity index (χ0) is 10.8. The highest BCUT2D eigenvalue weighted by Crippen LogP contribution is 2.22. The molecule has 2 rings (SSSR count). The summed E-state index contributed by atoms with van der Waals surface area (Å²) in [5.41, 5.74) is 1.32. The van der Waals surface area contributed by atoms with E-state index in [1.165, 1.54) is 18.7 Å². The average molecular weight is 206 g/mol. The summed E-state index contributed by atoms with van der Waals surface area (Å²) in [7, 11) is 0. The topological polar surface area (TPSA) is 68.3 Å². The fraction of sp³-hybridized carbons (Fsp3) is 0.200. The van der Waals surface area contributed by atoms with Crippen LogP contribution >= 0.6 is 0 Å². The normalized spacial score (nSPS) is 10.5. The van der Waals surface area contributed by atoms with E-state index in [-0.39, 0.29) is 5.56 Å². The number of nitrogens with zero attached hydrogens (tertiary/aromatic N) is 2. The Bertz CT molecular complexity index is 471. The summed E-state index contributed by atoms with van der Waals surface area (Å²) in [5, 5.41) is 13.2. The van der Waals surface area contributed by atoms with E-state index in [0.717, 1.165) is 0 Å². The smallest absolute Gasteiger partial charge is 0.339 e. The van der Waals surface area contributed by atoms with Gasteiger partial charge in [-0.1, -0.05) is 0 Å². The zero-order valence-corrected chi connectivity index (χ0v) is 8.17. The maximum Gasteiger partial charge on any atom is 0.339 e. The fourth-order valence-corrected chi connectivity index (χ4v) is 1.35. The molecule has 0 spiro atoms. The van der Waals surface area contributed by atoms with Gasteiger partial charge in [0, 0.05) is 18.3 Å². The molecule has 0 aliphatic rings. The predicted molar refractivity (Wildman–Crippen MR) is 52.6 cm³/mol. The first-order chi connectivity index (χ1) is 7.22. The first-order valence-corrected chi connectivity index (χ1v) is 4.55. The minimum Gasteiger partial charge on any atom is -0.478 e. The Morgan fingerprint density at radius 2 is 2.47 bits per heavy atom. The van der Waals surface area contributed by atoms with Crippen LogP contribution in [0.15, 0.2) is 29.2 Å². The van der Waals surface area contributed by atoms with Gasteiger partial charge in [0.15, 0.2) is 0 Å². The lowest BCUT2D eigenvalue weighted by atomic mass is 10.1. The molecule has 5 nitrogen and oxygen atoms in total. The summed E-state index contributed by atoms with van der Waals surface area (Å²) in [4.78, 5) is 11.0. The van der Waals surface area contributed by atoms with Gasteiger partial charge in [0.2, 0.25) is 0 Å². The van der Waals surface area contributed by atoms with Crippen molar-refractivity contribution in [1.29, 1.82) is 0 Å². The third-order valence-electron chi connectivity index (χ3n) is 2.11. The van der Waals surface area contributed by atoms with Gasteiger partial charge in [-0.25, -0.2) is 4.79 Å². The first kappa shape index (κ1) is 9.51. The lowest BCUT2D eigenvalue weighted by molar-refractivity contribution is 0.0697. The van der Waals surface area contributed by atoms with Gasteiger partial charge in [0.25, 0.3) is 0 Å². The molecule has 0 saturated carbocycles. The van der Waals surface area contributed by atoms with Crippen LogP contribution in [-0.2, 0) is 6.54 Å². The summed E-state index contributed by atoms with van der Waals surface area (Å²) in [6.45, 7) is 2.54. The monoisotopic (exact) mass is 206 g/mol. The number of carboxylic acid groups (broad SMARTS) is 1. The molecule has 2 heterocycles. The summed E-state index contributed by atoms with van der Waals surface area (Å²) in [6, 6.07) is 1.69. The van der Waals surface area contributed by atoms with E-state index >= 15 is 0 Å². The van der Waals surface area contributed by atoms with Crippen LogP contribution in [0.25, 0.3) is 11.3 Å². The van der Waals surface area contributed by atoms with Gasteiger partial charge in [0.05, 0.1) is 12.5 Å². The Morgan fingerprint density at radius 3 is 3.00 bits per heavy atom. The Labute approximate surface area is 85.9 Å². The summed E-state index contributed by atoms with van der Waals surface area (Å²) < 4.78 is 6.49. The second-order valence-corrected chi connectivity index (χ2v) is 3.06. The third kappa shape index (κ3) is 1.63. The Balaban J connectivity index is 2.54. The number of aromatic carboxylic acids is 1. The van der Waals surface area contributed by atoms with E-state index in [2.05, 4.69) is 5.10 Å². The van der Waals surface area contributed by atoms with E-state index in [0.29, 0.717) is 17.8 Å². The van der Waals surface area contributed by atoms with Crippen molar-refractivity contribution in [1.82, 2.24) is 9.78 Å². The molecule has 78 valence electrons. The molecule has 0 bridgehead atoms. The molecule has 0 aromatic carbocycles. The van der Waals surface area contributed by atoms with Crippen molar-refractivity contribution in [3.63, 3.8) is 0 Å². The second kappa shape index (κ2) is 3.61. The van der Waals surface area contributed by atoms with Crippen LogP contribution in [0, 0.1) is 0 Å². The summed E-state index contributed by atoms with van der Waals surface area (Å²) >= 11 is 0. The van der Waals surface area contributed by atoms with Crippen LogP contribution in [0.2, 0.25) is 0 Å². The predicted octanol–water partition coefficient (Wildman–Crippen LogP) is 1.86. The molecule has 0 atom stereocenters. The number of rotatable bonds is 3. The van der Waals surface area contributed by atoms with Crippen molar-refractivity contribution in [3.05, 3.63) is 30.4 Å². The molecule has 2 aromatic rings. The van der Waals surface area contributed by atoms with Crippen molar-refractivity contribution < 1.29 is 14.3 Å². The molecule has 0 amide bonds. The zero-order valence-electron chi connectivity index (χ0n) is 8.17. The van der Waals surface area contributed by atoms with Crippen LogP contribution in [0.1, 0.15) is 17.3 Å². The quantitative estimate of drug-likeness (QED) is 0.832. The molecule has 0 aliphatic carbocycles. The Kier molecular flexibility index (Phi) is 2.29. The van der Waals surface area contributed by atoms with E-state index in [9.17, 15) is 4.79 Å². The summed E-state index contributed by atoms with van der Waals surface area (Å²) in [5.74, 6) is -0.981. The van der Waals surface area contributed by atoms with Gasteiger partial charge in [-0.15, -0.1) is 0 Å². The SMILES string of the molecule is CCn1cc(C(=O)O)c(-c2ccoc2)n1. The molecule has 0 fully saturated rings. The first-order valence-electron chi connectivity index (χ1n) is 4.55. The van der Waals surface area contributed by atoms with Gasteiger partial charge in [-0.3, -0.25) is 4.68 Å². The number of aryl methyl sites for hydroxylation is 1. The average Bonchev–Trinajstić information content (AvgIpc) is 2.86. The minimum absolute atomic E-state index is 0.193. The van der Waals surface area contributed by atoms with Crippen LogP contribution in [0.3, 0.4) is 0 Å². The van der Waals surface area contributed by atoms with E-state index in [1.54, 1.807) is 10.7 Å². The molecule has 1 N–H and O–H groups in total. The van der Waals surface area contributed by atoms with Crippen LogP contribution in [0.5, 0.6) is 0 Å². The number of aromatic nitrogens is 2. The molecule has 0 saturated heterocycles. The van der Waals surface area contributed by atoms with Crippen LogP contribution in [0.4, 0.5) is 0 Å². The number of furan rings is 1. The molecule has 0 unspecified atom stereocenters. The van der Waals surface area contributed by atoms with Crippen molar-refractivity contribution in [3.8, 4) is 11.3 Å². The maximum absolute atomic E-state index is 11.0. The van der Waals surface area contributed by atoms with Gasteiger partial charge in [0.1, 0.15) is 11.3 Å². The number of hydrogen-bond acceptors (Lipinski definition) is 3. The van der Waals surface area contributed by atoms with E-state index in [4.69, 9.17) is 9.52 Å². The molecular weight excluding hydrogens is 196 g/mol. The minimum atomic E-state index is -0.981. The summed E-state index contributed by atoms with van der Waals surface area (Å²) in [6.07, 6.45) is 4.49. The van der Waals surface area contributed by atoms with Gasteiger partial charge in [-0.2, -0.15) is 5.10 Å². The highest BCUT2D eigenvalue weighted by molar-refractivity contribution is 5.94. The molecule has 5 heteroatoms. The molecular formula is C10H10N2O3. The Morgan fingerprint density at radius 1 is 1.67 bits per heavy atom. The van der Waals surface area contributed by atoms with Crippen LogP contribution in [-0.4, -0.2) is 20.9 Å². The van der Waals surface area contributed by atoms with Crippen molar-refractivity contribution in [2.45, 2.75) is 13.5 Å². The third-order valence-corrected chi connectivity index (χ3v) is 2.11. The molecule has 15 heavy (non-hydrogen) atoms. The molecule has 0 aliphatic heterocycles. The maximum atomic E-state index is 11.0. The van der Waals surface area contributed by atoms with E-state index < -0.39 is 5.97 Å². The van der Waals surface area contributed by atoms with Crippen molar-refractivity contribution in [2.75, 3.05) is 0 Å². The van der Waals surface area contributed by atoms with Gasteiger partial charge >= 0.3 is 5.97 Å². The number of carbonyl (C=O) groups is 1.